The van der Waals surface area contributed by atoms with E-state index in [-0.39, 0.29) is 17.9 Å². The lowest BCUT2D eigenvalue weighted by molar-refractivity contribution is 0.0787. The van der Waals surface area contributed by atoms with Crippen LogP contribution in [0.25, 0.3) is 0 Å². The van der Waals surface area contributed by atoms with E-state index >= 15 is 0 Å². The Labute approximate surface area is 149 Å². The normalized spacial score (nSPS) is 11.6. The fraction of sp³-hybridized carbons (Fsp3) is 0.350. The molecule has 0 aliphatic rings. The minimum Gasteiger partial charge on any atom is -0.346 e. The number of amides is 2. The van der Waals surface area contributed by atoms with Crippen molar-refractivity contribution >= 4 is 11.8 Å². The Morgan fingerprint density at radius 1 is 1.20 bits per heavy atom. The third-order valence-electron chi connectivity index (χ3n) is 4.08. The van der Waals surface area contributed by atoms with E-state index in [2.05, 4.69) is 17.2 Å². The molecule has 0 saturated heterocycles. The summed E-state index contributed by atoms with van der Waals surface area (Å²) >= 11 is 0. The van der Waals surface area contributed by atoms with Gasteiger partial charge in [-0.25, -0.2) is 0 Å². The SMILES string of the molecule is CCCCN(C)C(=O)c1cc(C(=O)NC(C)c2ccccc2)ccn1. The van der Waals surface area contributed by atoms with Crippen molar-refractivity contribution in [3.63, 3.8) is 0 Å². The van der Waals surface area contributed by atoms with Crippen molar-refractivity contribution in [3.05, 3.63) is 65.5 Å². The van der Waals surface area contributed by atoms with Gasteiger partial charge in [0, 0.05) is 25.4 Å². The van der Waals surface area contributed by atoms with Gasteiger partial charge < -0.3 is 10.2 Å². The summed E-state index contributed by atoms with van der Waals surface area (Å²) in [4.78, 5) is 30.6. The van der Waals surface area contributed by atoms with Crippen molar-refractivity contribution in [1.29, 1.82) is 0 Å². The molecule has 1 aromatic carbocycles. The average Bonchev–Trinajstić information content (AvgIpc) is 2.66. The number of carbonyl (C=O) groups excluding carboxylic acids is 2. The maximum atomic E-state index is 12.5. The van der Waals surface area contributed by atoms with E-state index in [9.17, 15) is 9.59 Å². The van der Waals surface area contributed by atoms with Crippen molar-refractivity contribution < 1.29 is 9.59 Å². The summed E-state index contributed by atoms with van der Waals surface area (Å²) in [5, 5.41) is 2.95. The summed E-state index contributed by atoms with van der Waals surface area (Å²) in [5.41, 5.74) is 1.75. The van der Waals surface area contributed by atoms with Crippen LogP contribution in [0.3, 0.4) is 0 Å². The maximum Gasteiger partial charge on any atom is 0.272 e. The van der Waals surface area contributed by atoms with Crippen LogP contribution in [-0.4, -0.2) is 35.3 Å². The molecule has 1 N–H and O–H groups in total. The first kappa shape index (κ1) is 18.6. The number of nitrogens with zero attached hydrogens (tertiary/aromatic N) is 2. The quantitative estimate of drug-likeness (QED) is 0.840. The van der Waals surface area contributed by atoms with Crippen LogP contribution >= 0.6 is 0 Å². The number of pyridine rings is 1. The van der Waals surface area contributed by atoms with Gasteiger partial charge in [0.1, 0.15) is 5.69 Å². The fourth-order valence-corrected chi connectivity index (χ4v) is 2.49. The predicted octanol–water partition coefficient (Wildman–Crippen LogP) is 3.44. The van der Waals surface area contributed by atoms with Gasteiger partial charge in [-0.05, 0) is 31.0 Å². The van der Waals surface area contributed by atoms with Gasteiger partial charge in [0.05, 0.1) is 6.04 Å². The Morgan fingerprint density at radius 3 is 2.60 bits per heavy atom. The third-order valence-corrected chi connectivity index (χ3v) is 4.08. The Hall–Kier alpha value is -2.69. The van der Waals surface area contributed by atoms with Crippen LogP contribution in [-0.2, 0) is 0 Å². The van der Waals surface area contributed by atoms with Crippen LogP contribution in [0.2, 0.25) is 0 Å². The summed E-state index contributed by atoms with van der Waals surface area (Å²) < 4.78 is 0. The molecule has 0 aliphatic carbocycles. The standard InChI is InChI=1S/C20H25N3O2/c1-4-5-13-23(3)20(25)18-14-17(11-12-21-18)19(24)22-15(2)16-9-7-6-8-10-16/h6-12,14-15H,4-5,13H2,1-3H3,(H,22,24). The van der Waals surface area contributed by atoms with E-state index in [1.54, 1.807) is 24.1 Å². The predicted molar refractivity (Wildman–Crippen MR) is 98.4 cm³/mol. The van der Waals surface area contributed by atoms with Crippen molar-refractivity contribution in [2.45, 2.75) is 32.7 Å². The van der Waals surface area contributed by atoms with Crippen LogP contribution in [0, 0.1) is 0 Å². The van der Waals surface area contributed by atoms with Gasteiger partial charge in [-0.3, -0.25) is 14.6 Å². The zero-order chi connectivity index (χ0) is 18.2. The lowest BCUT2D eigenvalue weighted by Gasteiger charge is -2.17. The van der Waals surface area contributed by atoms with Gasteiger partial charge in [0.25, 0.3) is 11.8 Å². The lowest BCUT2D eigenvalue weighted by Crippen LogP contribution is -2.30. The third kappa shape index (κ3) is 5.14. The highest BCUT2D eigenvalue weighted by molar-refractivity contribution is 5.98. The average molecular weight is 339 g/mol. The molecule has 5 heteroatoms. The molecule has 2 aromatic rings. The van der Waals surface area contributed by atoms with Gasteiger partial charge in [-0.2, -0.15) is 0 Å². The van der Waals surface area contributed by atoms with Crippen LogP contribution in [0.5, 0.6) is 0 Å². The zero-order valence-electron chi connectivity index (χ0n) is 15.0. The topological polar surface area (TPSA) is 62.3 Å². The molecular weight excluding hydrogens is 314 g/mol. The van der Waals surface area contributed by atoms with Gasteiger partial charge in [0.2, 0.25) is 0 Å². The van der Waals surface area contributed by atoms with Crippen LogP contribution in [0.15, 0.2) is 48.7 Å². The van der Waals surface area contributed by atoms with Gasteiger partial charge in [0.15, 0.2) is 0 Å². The molecule has 2 rings (SSSR count). The number of hydrogen-bond acceptors (Lipinski definition) is 3. The van der Waals surface area contributed by atoms with Crippen LogP contribution in [0.4, 0.5) is 0 Å². The first-order chi connectivity index (χ1) is 12.0. The molecular formula is C20H25N3O2. The minimum atomic E-state index is -0.219. The van der Waals surface area contributed by atoms with Crippen molar-refractivity contribution in [1.82, 2.24) is 15.2 Å². The molecule has 1 atom stereocenters. The van der Waals surface area contributed by atoms with E-state index in [1.165, 1.54) is 6.20 Å². The number of aromatic nitrogens is 1. The van der Waals surface area contributed by atoms with Crippen molar-refractivity contribution in [2.24, 2.45) is 0 Å². The van der Waals surface area contributed by atoms with Crippen LogP contribution in [0.1, 0.15) is 59.1 Å². The first-order valence-electron chi connectivity index (χ1n) is 8.60. The maximum absolute atomic E-state index is 12.5. The molecule has 25 heavy (non-hydrogen) atoms. The Kier molecular flexibility index (Phi) is 6.69. The smallest absolute Gasteiger partial charge is 0.272 e. The largest absolute Gasteiger partial charge is 0.346 e. The monoisotopic (exact) mass is 339 g/mol. The summed E-state index contributed by atoms with van der Waals surface area (Å²) in [6.45, 7) is 4.69. The number of nitrogens with one attached hydrogen (secondary N) is 1. The van der Waals surface area contributed by atoms with E-state index in [4.69, 9.17) is 0 Å². The molecule has 1 heterocycles. The second kappa shape index (κ2) is 8.97. The van der Waals surface area contributed by atoms with Gasteiger partial charge >= 0.3 is 0 Å². The van der Waals surface area contributed by atoms with Gasteiger partial charge in [-0.15, -0.1) is 0 Å². The van der Waals surface area contributed by atoms with Gasteiger partial charge in [-0.1, -0.05) is 43.7 Å². The Morgan fingerprint density at radius 2 is 1.92 bits per heavy atom. The number of carbonyl (C=O) groups is 2. The summed E-state index contributed by atoms with van der Waals surface area (Å²) in [5.74, 6) is -0.386. The molecule has 0 bridgehead atoms. The van der Waals surface area contributed by atoms with Crippen molar-refractivity contribution in [2.75, 3.05) is 13.6 Å². The summed E-state index contributed by atoms with van der Waals surface area (Å²) in [7, 11) is 1.75. The number of hydrogen-bond donors (Lipinski definition) is 1. The van der Waals surface area contributed by atoms with E-state index < -0.39 is 0 Å². The second-order valence-corrected chi connectivity index (χ2v) is 6.12. The highest BCUT2D eigenvalue weighted by Crippen LogP contribution is 2.13. The fourth-order valence-electron chi connectivity index (χ4n) is 2.49. The molecule has 132 valence electrons. The molecule has 0 radical (unpaired) electrons. The molecule has 2 amide bonds. The van der Waals surface area contributed by atoms with Crippen molar-refractivity contribution in [3.8, 4) is 0 Å². The molecule has 0 aliphatic heterocycles. The van der Waals surface area contributed by atoms with Crippen LogP contribution < -0.4 is 5.32 Å². The molecule has 0 fully saturated rings. The highest BCUT2D eigenvalue weighted by atomic mass is 16.2. The Bertz CT molecular complexity index is 716. The molecule has 1 aromatic heterocycles. The minimum absolute atomic E-state index is 0.117. The lowest BCUT2D eigenvalue weighted by atomic mass is 10.1. The highest BCUT2D eigenvalue weighted by Gasteiger charge is 2.16. The molecule has 0 spiro atoms. The number of rotatable bonds is 7. The Balaban J connectivity index is 2.07. The molecule has 1 unspecified atom stereocenters. The number of unbranched alkanes of at least 4 members (excludes halogenated alkanes) is 1. The second-order valence-electron chi connectivity index (χ2n) is 6.12. The number of benzene rings is 1. The van der Waals surface area contributed by atoms with E-state index in [1.807, 2.05) is 37.3 Å². The molecule has 0 saturated carbocycles. The summed E-state index contributed by atoms with van der Waals surface area (Å²) in [6.07, 6.45) is 3.46. The first-order valence-corrected chi connectivity index (χ1v) is 8.60. The summed E-state index contributed by atoms with van der Waals surface area (Å²) in [6, 6.07) is 12.8. The zero-order valence-corrected chi connectivity index (χ0v) is 15.0. The molecule has 5 nitrogen and oxygen atoms in total. The van der Waals surface area contributed by atoms with E-state index in [0.717, 1.165) is 18.4 Å². The van der Waals surface area contributed by atoms with E-state index in [0.29, 0.717) is 17.8 Å².